The zero-order valence-electron chi connectivity index (χ0n) is 5.50. The number of rotatable bonds is 1. The van der Waals surface area contributed by atoms with Gasteiger partial charge in [0.15, 0.2) is 0 Å². The first-order valence-corrected chi connectivity index (χ1v) is 3.76. The van der Waals surface area contributed by atoms with Crippen molar-refractivity contribution < 1.29 is 29.6 Å². The molecule has 42 valence electrons. The van der Waals surface area contributed by atoms with Crippen molar-refractivity contribution in [3.05, 3.63) is 35.9 Å². The van der Waals surface area contributed by atoms with Crippen molar-refractivity contribution in [2.24, 2.45) is 0 Å². The summed E-state index contributed by atoms with van der Waals surface area (Å²) in [5.74, 6) is 0. The molecule has 0 saturated carbocycles. The summed E-state index contributed by atoms with van der Waals surface area (Å²) in [6, 6.07) is 10.3. The summed E-state index contributed by atoms with van der Waals surface area (Å²) in [6.45, 7) is 0. The third-order valence-corrected chi connectivity index (χ3v) is 1.71. The Morgan fingerprint density at radius 3 is 2.00 bits per heavy atom. The number of hydrogen-bond donors (Lipinski definition) is 0. The molecule has 0 fully saturated rings. The third-order valence-electron chi connectivity index (χ3n) is 1.01. The van der Waals surface area contributed by atoms with E-state index in [9.17, 15) is 0 Å². The summed E-state index contributed by atoms with van der Waals surface area (Å²) >= 11 is 2.96. The van der Waals surface area contributed by atoms with Crippen molar-refractivity contribution in [1.82, 2.24) is 0 Å². The van der Waals surface area contributed by atoms with E-state index in [1.165, 1.54) is 5.56 Å². The van der Waals surface area contributed by atoms with E-state index in [0.717, 1.165) is 5.32 Å². The van der Waals surface area contributed by atoms with Crippen molar-refractivity contribution in [1.29, 1.82) is 0 Å². The van der Waals surface area contributed by atoms with Crippen LogP contribution in [-0.4, -0.2) is 16.0 Å². The second kappa shape index (κ2) is 5.52. The van der Waals surface area contributed by atoms with Crippen LogP contribution in [0.3, 0.4) is 0 Å². The second-order valence-corrected chi connectivity index (χ2v) is 2.24. The van der Waals surface area contributed by atoms with Crippen molar-refractivity contribution in [2.45, 2.75) is 5.32 Å². The summed E-state index contributed by atoms with van der Waals surface area (Å²) in [6.07, 6.45) is 0. The molecule has 0 unspecified atom stereocenters. The van der Waals surface area contributed by atoms with Crippen molar-refractivity contribution in [3.63, 3.8) is 0 Å². The van der Waals surface area contributed by atoms with Gasteiger partial charge in [-0.2, -0.15) is 0 Å². The zero-order valence-corrected chi connectivity index (χ0v) is 9.22. The van der Waals surface area contributed by atoms with Gasteiger partial charge in [-0.15, -0.1) is 0 Å². The average Bonchev–Trinajstić information content (AvgIpc) is 1.90. The standard InChI is InChI=1S/C7H8Se.Na/c8-6-7-4-2-1-3-5-7;/h1-5,8H,6H2;/q;+1/p-1. The topological polar surface area (TPSA) is 0 Å². The summed E-state index contributed by atoms with van der Waals surface area (Å²) in [4.78, 5) is 0. The maximum absolute atomic E-state index is 2.96. The van der Waals surface area contributed by atoms with Gasteiger partial charge in [-0.1, -0.05) is 0 Å². The Balaban J connectivity index is 0.000000640. The van der Waals surface area contributed by atoms with Gasteiger partial charge in [0, 0.05) is 0 Å². The quantitative estimate of drug-likeness (QED) is 0.469. The molecule has 0 radical (unpaired) electrons. The van der Waals surface area contributed by atoms with Crippen LogP contribution in [0.1, 0.15) is 5.56 Å². The Bertz CT molecular complexity index is 150. The normalized spacial score (nSPS) is 8.11. The zero-order chi connectivity index (χ0) is 5.82. The molecule has 0 nitrogen and oxygen atoms in total. The fourth-order valence-electron chi connectivity index (χ4n) is 0.574. The van der Waals surface area contributed by atoms with E-state index >= 15 is 0 Å². The molecule has 0 atom stereocenters. The number of benzene rings is 1. The van der Waals surface area contributed by atoms with E-state index in [1.807, 2.05) is 18.2 Å². The van der Waals surface area contributed by atoms with Gasteiger partial charge in [0.1, 0.15) is 0 Å². The van der Waals surface area contributed by atoms with E-state index in [0.29, 0.717) is 0 Å². The molecule has 2 heteroatoms. The van der Waals surface area contributed by atoms with Crippen molar-refractivity contribution in [3.8, 4) is 0 Å². The Labute approximate surface area is 86.1 Å². The molecule has 0 aliphatic heterocycles. The van der Waals surface area contributed by atoms with Crippen LogP contribution in [0, 0.1) is 0 Å². The first kappa shape index (κ1) is 9.74. The minimum atomic E-state index is 0. The second-order valence-electron chi connectivity index (χ2n) is 1.63. The predicted octanol–water partition coefficient (Wildman–Crippen LogP) is -1.64. The van der Waals surface area contributed by atoms with Gasteiger partial charge in [0.25, 0.3) is 0 Å². The predicted molar refractivity (Wildman–Crippen MR) is 35.9 cm³/mol. The van der Waals surface area contributed by atoms with Crippen LogP contribution in [0.25, 0.3) is 0 Å². The van der Waals surface area contributed by atoms with Crippen LogP contribution in [0.15, 0.2) is 30.3 Å². The van der Waals surface area contributed by atoms with E-state index < -0.39 is 0 Å². The fourth-order valence-corrected chi connectivity index (χ4v) is 0.978. The van der Waals surface area contributed by atoms with Crippen LogP contribution < -0.4 is 29.6 Å². The maximum atomic E-state index is 2.96. The third kappa shape index (κ3) is 3.44. The van der Waals surface area contributed by atoms with Gasteiger partial charge < -0.3 is 0 Å². The van der Waals surface area contributed by atoms with E-state index in [-0.39, 0.29) is 29.6 Å². The molecule has 0 saturated heterocycles. The van der Waals surface area contributed by atoms with Gasteiger partial charge in [0.05, 0.1) is 0 Å². The van der Waals surface area contributed by atoms with Gasteiger partial charge in [-0.25, -0.2) is 0 Å². The van der Waals surface area contributed by atoms with Crippen LogP contribution in [0.4, 0.5) is 0 Å². The molecular formula is C7H7NaSe. The molecule has 0 spiro atoms. The van der Waals surface area contributed by atoms with Gasteiger partial charge in [-0.05, 0) is 0 Å². The molecular weight excluding hydrogens is 186 g/mol. The molecule has 0 aromatic heterocycles. The van der Waals surface area contributed by atoms with Crippen LogP contribution in [-0.2, 0) is 5.32 Å². The molecule has 0 N–H and O–H groups in total. The molecule has 0 bridgehead atoms. The molecule has 1 rings (SSSR count). The van der Waals surface area contributed by atoms with Crippen molar-refractivity contribution in [2.75, 3.05) is 0 Å². The van der Waals surface area contributed by atoms with E-state index in [2.05, 4.69) is 28.1 Å². The van der Waals surface area contributed by atoms with Gasteiger partial charge >= 0.3 is 86.8 Å². The Kier molecular flexibility index (Phi) is 5.97. The molecule has 0 heterocycles. The first-order valence-electron chi connectivity index (χ1n) is 2.55. The van der Waals surface area contributed by atoms with Gasteiger partial charge in [0.2, 0.25) is 0 Å². The SMILES string of the molecule is [Na+].[Se-]Cc1ccccc1. The van der Waals surface area contributed by atoms with E-state index in [4.69, 9.17) is 0 Å². The Morgan fingerprint density at radius 1 is 1.11 bits per heavy atom. The van der Waals surface area contributed by atoms with E-state index in [1.54, 1.807) is 0 Å². The Morgan fingerprint density at radius 2 is 1.67 bits per heavy atom. The molecule has 0 amide bonds. The van der Waals surface area contributed by atoms with Crippen LogP contribution in [0.2, 0.25) is 0 Å². The van der Waals surface area contributed by atoms with Crippen LogP contribution >= 0.6 is 0 Å². The summed E-state index contributed by atoms with van der Waals surface area (Å²) < 4.78 is 0. The Hall–Kier alpha value is 0.739. The number of hydrogen-bond acceptors (Lipinski definition) is 0. The monoisotopic (exact) mass is 194 g/mol. The summed E-state index contributed by atoms with van der Waals surface area (Å²) in [7, 11) is 0. The summed E-state index contributed by atoms with van der Waals surface area (Å²) in [5.41, 5.74) is 1.35. The van der Waals surface area contributed by atoms with Crippen molar-refractivity contribution >= 4 is 16.0 Å². The summed E-state index contributed by atoms with van der Waals surface area (Å²) in [5, 5.41) is 1.01. The molecule has 0 aliphatic rings. The van der Waals surface area contributed by atoms with Crippen LogP contribution in [0.5, 0.6) is 0 Å². The molecule has 0 aliphatic carbocycles. The van der Waals surface area contributed by atoms with Gasteiger partial charge in [-0.3, -0.25) is 0 Å². The average molecular weight is 193 g/mol. The minimum absolute atomic E-state index is 0. The molecule has 1 aromatic rings. The molecule has 1 aromatic carbocycles. The first-order chi connectivity index (χ1) is 3.93. The molecule has 9 heavy (non-hydrogen) atoms. The fraction of sp³-hybridized carbons (Fsp3) is 0.143.